The predicted octanol–water partition coefficient (Wildman–Crippen LogP) is 1.59. The summed E-state index contributed by atoms with van der Waals surface area (Å²) < 4.78 is 0. The van der Waals surface area contributed by atoms with Crippen molar-refractivity contribution < 1.29 is 4.79 Å². The SMILES string of the molecule is CN1CCN(Cc2ccc(-c3ncccc3C(N)=O)cc2)CC1. The lowest BCUT2D eigenvalue weighted by atomic mass is 10.0. The first-order valence-electron chi connectivity index (χ1n) is 7.88. The molecule has 0 aliphatic carbocycles. The summed E-state index contributed by atoms with van der Waals surface area (Å²) in [5.74, 6) is -0.449. The minimum atomic E-state index is -0.449. The van der Waals surface area contributed by atoms with Gasteiger partial charge in [-0.2, -0.15) is 0 Å². The Kier molecular flexibility index (Phi) is 4.69. The summed E-state index contributed by atoms with van der Waals surface area (Å²) in [4.78, 5) is 20.6. The fourth-order valence-electron chi connectivity index (χ4n) is 2.87. The molecule has 0 radical (unpaired) electrons. The molecule has 1 aromatic heterocycles. The molecule has 0 spiro atoms. The van der Waals surface area contributed by atoms with Crippen molar-refractivity contribution in [3.63, 3.8) is 0 Å². The molecular formula is C18H22N4O. The Morgan fingerprint density at radius 1 is 1.13 bits per heavy atom. The van der Waals surface area contributed by atoms with Crippen molar-refractivity contribution in [1.29, 1.82) is 0 Å². The summed E-state index contributed by atoms with van der Waals surface area (Å²) in [6.07, 6.45) is 1.68. The van der Waals surface area contributed by atoms with Gasteiger partial charge in [0, 0.05) is 44.5 Å². The molecule has 0 saturated carbocycles. The molecule has 23 heavy (non-hydrogen) atoms. The number of hydrogen-bond donors (Lipinski definition) is 1. The molecule has 0 atom stereocenters. The van der Waals surface area contributed by atoms with Gasteiger partial charge in [-0.3, -0.25) is 14.7 Å². The number of piperazine rings is 1. The van der Waals surface area contributed by atoms with Gasteiger partial charge in [0.2, 0.25) is 0 Å². The molecule has 1 aliphatic rings. The number of carbonyl (C=O) groups is 1. The fourth-order valence-corrected chi connectivity index (χ4v) is 2.87. The zero-order chi connectivity index (χ0) is 16.2. The predicted molar refractivity (Wildman–Crippen MR) is 91.0 cm³/mol. The second kappa shape index (κ2) is 6.89. The van der Waals surface area contributed by atoms with E-state index in [0.717, 1.165) is 38.3 Å². The molecule has 1 saturated heterocycles. The average Bonchev–Trinajstić information content (AvgIpc) is 2.58. The summed E-state index contributed by atoms with van der Waals surface area (Å²) in [5.41, 5.74) is 8.72. The van der Waals surface area contributed by atoms with Crippen molar-refractivity contribution in [1.82, 2.24) is 14.8 Å². The summed E-state index contributed by atoms with van der Waals surface area (Å²) in [6, 6.07) is 11.7. The third kappa shape index (κ3) is 3.75. The maximum absolute atomic E-state index is 11.5. The van der Waals surface area contributed by atoms with Gasteiger partial charge in [-0.05, 0) is 24.7 Å². The molecule has 0 bridgehead atoms. The largest absolute Gasteiger partial charge is 0.366 e. The van der Waals surface area contributed by atoms with Crippen molar-refractivity contribution in [3.05, 3.63) is 53.7 Å². The molecule has 1 amide bonds. The standard InChI is InChI=1S/C18H22N4O/c1-21-9-11-22(12-10-21)13-14-4-6-15(7-5-14)17-16(18(19)23)3-2-8-20-17/h2-8H,9-13H2,1H3,(H2,19,23). The van der Waals surface area contributed by atoms with E-state index < -0.39 is 5.91 Å². The van der Waals surface area contributed by atoms with E-state index in [1.54, 1.807) is 18.3 Å². The Hall–Kier alpha value is -2.24. The number of pyridine rings is 1. The quantitative estimate of drug-likeness (QED) is 0.931. The van der Waals surface area contributed by atoms with Gasteiger partial charge in [0.25, 0.3) is 5.91 Å². The van der Waals surface area contributed by atoms with Gasteiger partial charge in [-0.1, -0.05) is 24.3 Å². The normalized spacial score (nSPS) is 16.4. The molecule has 2 N–H and O–H groups in total. The third-order valence-corrected chi connectivity index (χ3v) is 4.30. The summed E-state index contributed by atoms with van der Waals surface area (Å²) in [6.45, 7) is 5.40. The number of carbonyl (C=O) groups excluding carboxylic acids is 1. The Morgan fingerprint density at radius 3 is 2.48 bits per heavy atom. The zero-order valence-corrected chi connectivity index (χ0v) is 13.4. The lowest BCUT2D eigenvalue weighted by Gasteiger charge is -2.32. The van der Waals surface area contributed by atoms with Crippen LogP contribution in [0.3, 0.4) is 0 Å². The molecule has 120 valence electrons. The first kappa shape index (κ1) is 15.6. The molecule has 0 unspecified atom stereocenters. The van der Waals surface area contributed by atoms with Crippen LogP contribution >= 0.6 is 0 Å². The van der Waals surface area contributed by atoms with E-state index in [2.05, 4.69) is 34.0 Å². The minimum Gasteiger partial charge on any atom is -0.366 e. The number of rotatable bonds is 4. The minimum absolute atomic E-state index is 0.449. The highest BCUT2D eigenvalue weighted by Crippen LogP contribution is 2.22. The van der Waals surface area contributed by atoms with E-state index in [0.29, 0.717) is 11.3 Å². The number of hydrogen-bond acceptors (Lipinski definition) is 4. The van der Waals surface area contributed by atoms with Crippen molar-refractivity contribution in [3.8, 4) is 11.3 Å². The van der Waals surface area contributed by atoms with Gasteiger partial charge >= 0.3 is 0 Å². The highest BCUT2D eigenvalue weighted by Gasteiger charge is 2.14. The number of likely N-dealkylation sites (N-methyl/N-ethyl adjacent to an activating group) is 1. The Bertz CT molecular complexity index is 676. The van der Waals surface area contributed by atoms with Crippen LogP contribution < -0.4 is 5.73 Å². The third-order valence-electron chi connectivity index (χ3n) is 4.30. The molecule has 1 fully saturated rings. The van der Waals surface area contributed by atoms with E-state index in [1.165, 1.54) is 5.56 Å². The average molecular weight is 310 g/mol. The van der Waals surface area contributed by atoms with Crippen molar-refractivity contribution in [2.75, 3.05) is 33.2 Å². The molecule has 2 aromatic rings. The number of primary amides is 1. The summed E-state index contributed by atoms with van der Waals surface area (Å²) in [5, 5.41) is 0. The van der Waals surface area contributed by atoms with Crippen LogP contribution in [0.5, 0.6) is 0 Å². The number of aromatic nitrogens is 1. The number of amides is 1. The number of benzene rings is 1. The second-order valence-corrected chi connectivity index (χ2v) is 6.04. The molecule has 1 aromatic carbocycles. The van der Waals surface area contributed by atoms with Gasteiger partial charge in [0.15, 0.2) is 0 Å². The van der Waals surface area contributed by atoms with Crippen LogP contribution in [-0.4, -0.2) is 53.9 Å². The van der Waals surface area contributed by atoms with E-state index in [1.807, 2.05) is 12.1 Å². The molecule has 5 heteroatoms. The molecule has 1 aliphatic heterocycles. The van der Waals surface area contributed by atoms with Gasteiger partial charge in [0.05, 0.1) is 11.3 Å². The van der Waals surface area contributed by atoms with Crippen LogP contribution in [-0.2, 0) is 6.54 Å². The van der Waals surface area contributed by atoms with Crippen molar-refractivity contribution in [2.45, 2.75) is 6.54 Å². The Labute approximate surface area is 136 Å². The van der Waals surface area contributed by atoms with Gasteiger partial charge < -0.3 is 10.6 Å². The van der Waals surface area contributed by atoms with Crippen LogP contribution in [0.25, 0.3) is 11.3 Å². The smallest absolute Gasteiger partial charge is 0.250 e. The zero-order valence-electron chi connectivity index (χ0n) is 13.4. The monoisotopic (exact) mass is 310 g/mol. The van der Waals surface area contributed by atoms with Crippen molar-refractivity contribution >= 4 is 5.91 Å². The lowest BCUT2D eigenvalue weighted by Crippen LogP contribution is -2.43. The Balaban J connectivity index is 1.74. The first-order chi connectivity index (χ1) is 11.1. The van der Waals surface area contributed by atoms with E-state index in [-0.39, 0.29) is 0 Å². The van der Waals surface area contributed by atoms with E-state index >= 15 is 0 Å². The first-order valence-corrected chi connectivity index (χ1v) is 7.88. The molecular weight excluding hydrogens is 288 g/mol. The lowest BCUT2D eigenvalue weighted by molar-refractivity contribution is 0.100. The van der Waals surface area contributed by atoms with Crippen molar-refractivity contribution in [2.24, 2.45) is 5.73 Å². The molecule has 3 rings (SSSR count). The van der Waals surface area contributed by atoms with Crippen LogP contribution in [0.4, 0.5) is 0 Å². The van der Waals surface area contributed by atoms with Crippen LogP contribution in [0, 0.1) is 0 Å². The van der Waals surface area contributed by atoms with Crippen LogP contribution in [0.2, 0.25) is 0 Å². The van der Waals surface area contributed by atoms with Gasteiger partial charge in [-0.25, -0.2) is 0 Å². The second-order valence-electron chi connectivity index (χ2n) is 6.04. The summed E-state index contributed by atoms with van der Waals surface area (Å²) in [7, 11) is 2.16. The van der Waals surface area contributed by atoms with E-state index in [9.17, 15) is 4.79 Å². The molecule has 5 nitrogen and oxygen atoms in total. The number of nitrogens with zero attached hydrogens (tertiary/aromatic N) is 3. The van der Waals surface area contributed by atoms with Gasteiger partial charge in [0.1, 0.15) is 0 Å². The van der Waals surface area contributed by atoms with E-state index in [4.69, 9.17) is 5.73 Å². The maximum atomic E-state index is 11.5. The highest BCUT2D eigenvalue weighted by molar-refractivity contribution is 5.98. The molecule has 2 heterocycles. The number of nitrogens with two attached hydrogens (primary N) is 1. The van der Waals surface area contributed by atoms with Crippen LogP contribution in [0.15, 0.2) is 42.6 Å². The maximum Gasteiger partial charge on any atom is 0.250 e. The van der Waals surface area contributed by atoms with Crippen LogP contribution in [0.1, 0.15) is 15.9 Å². The topological polar surface area (TPSA) is 62.5 Å². The summed E-state index contributed by atoms with van der Waals surface area (Å²) >= 11 is 0. The highest BCUT2D eigenvalue weighted by atomic mass is 16.1. The Morgan fingerprint density at radius 2 is 1.83 bits per heavy atom. The fraction of sp³-hybridized carbons (Fsp3) is 0.333. The van der Waals surface area contributed by atoms with Gasteiger partial charge in [-0.15, -0.1) is 0 Å².